The molecule has 1 aromatic rings. The average Bonchev–Trinajstić information content (AvgIpc) is 3.50. The third kappa shape index (κ3) is 4.79. The van der Waals surface area contributed by atoms with Crippen LogP contribution < -0.4 is 4.90 Å². The predicted octanol–water partition coefficient (Wildman–Crippen LogP) is 3.80. The molecule has 2 bridgehead atoms. The van der Waals surface area contributed by atoms with Gasteiger partial charge in [-0.3, -0.25) is 14.4 Å². The van der Waals surface area contributed by atoms with Crippen LogP contribution in [0.5, 0.6) is 0 Å². The summed E-state index contributed by atoms with van der Waals surface area (Å²) in [4.78, 5) is 48.3. The summed E-state index contributed by atoms with van der Waals surface area (Å²) in [5.41, 5.74) is -1.32. The number of hydrogen-bond donors (Lipinski definition) is 1. The Kier molecular flexibility index (Phi) is 8.90. The van der Waals surface area contributed by atoms with Gasteiger partial charge < -0.3 is 24.5 Å². The molecule has 2 unspecified atom stereocenters. The Morgan fingerprint density at radius 1 is 1.15 bits per heavy atom. The first-order chi connectivity index (χ1) is 19.1. The number of aliphatic hydroxyl groups excluding tert-OH is 1. The van der Waals surface area contributed by atoms with Gasteiger partial charge in [-0.05, 0) is 44.2 Å². The highest BCUT2D eigenvalue weighted by atomic mass is 16.5. The number of para-hydroxylation sites is 1. The normalized spacial score (nSPS) is 29.4. The number of nitrogens with zero attached hydrogens (tertiary/aromatic N) is 3. The molecule has 0 saturated carbocycles. The molecule has 1 aromatic carbocycles. The van der Waals surface area contributed by atoms with E-state index >= 15 is 0 Å². The summed E-state index contributed by atoms with van der Waals surface area (Å²) in [5, 5.41) is 10.5. The maximum absolute atomic E-state index is 14.5. The van der Waals surface area contributed by atoms with Gasteiger partial charge in [0.1, 0.15) is 11.6 Å². The van der Waals surface area contributed by atoms with Gasteiger partial charge in [-0.25, -0.2) is 0 Å². The SMILES string of the molecule is C=CCN(CCCC)C(=O)C1N([C@@H](CO)C(C)C)C(=O)[C@@H]2[C@@H](C(=O)N(CC=C)c3ccccc3)[C@@]3(C)CCC12O3. The van der Waals surface area contributed by atoms with Gasteiger partial charge in [0.25, 0.3) is 0 Å². The van der Waals surface area contributed by atoms with Crippen molar-refractivity contribution in [3.63, 3.8) is 0 Å². The fourth-order valence-corrected chi connectivity index (χ4v) is 7.19. The number of anilines is 1. The van der Waals surface area contributed by atoms with Gasteiger partial charge >= 0.3 is 0 Å². The summed E-state index contributed by atoms with van der Waals surface area (Å²) in [6, 6.07) is 7.85. The number of carbonyl (C=O) groups is 3. The highest BCUT2D eigenvalue weighted by molar-refractivity contribution is 6.03. The molecule has 0 aromatic heterocycles. The van der Waals surface area contributed by atoms with E-state index in [1.807, 2.05) is 51.1 Å². The van der Waals surface area contributed by atoms with Crippen LogP contribution in [0.15, 0.2) is 55.6 Å². The van der Waals surface area contributed by atoms with Gasteiger partial charge in [0.2, 0.25) is 17.7 Å². The van der Waals surface area contributed by atoms with Gasteiger partial charge in [0.05, 0.1) is 30.1 Å². The minimum Gasteiger partial charge on any atom is -0.394 e. The van der Waals surface area contributed by atoms with Crippen LogP contribution in [0.2, 0.25) is 0 Å². The quantitative estimate of drug-likeness (QED) is 0.377. The second kappa shape index (κ2) is 11.9. The summed E-state index contributed by atoms with van der Waals surface area (Å²) in [5.74, 6) is -2.40. The first-order valence-corrected chi connectivity index (χ1v) is 14.6. The van der Waals surface area contributed by atoms with Crippen LogP contribution in [0.3, 0.4) is 0 Å². The Balaban J connectivity index is 1.83. The number of aliphatic hydroxyl groups is 1. The Labute approximate surface area is 238 Å². The van der Waals surface area contributed by atoms with Crippen molar-refractivity contribution >= 4 is 23.4 Å². The van der Waals surface area contributed by atoms with E-state index < -0.39 is 35.1 Å². The van der Waals surface area contributed by atoms with E-state index in [9.17, 15) is 19.5 Å². The molecule has 1 N–H and O–H groups in total. The van der Waals surface area contributed by atoms with Crippen molar-refractivity contribution in [2.45, 2.75) is 76.7 Å². The molecule has 4 rings (SSSR count). The Bertz CT molecular complexity index is 1120. The summed E-state index contributed by atoms with van der Waals surface area (Å²) in [6.45, 7) is 16.4. The van der Waals surface area contributed by atoms with Crippen molar-refractivity contribution in [2.75, 3.05) is 31.1 Å². The molecule has 3 saturated heterocycles. The third-order valence-corrected chi connectivity index (χ3v) is 9.12. The number of fused-ring (bicyclic) bond motifs is 1. The zero-order chi connectivity index (χ0) is 29.2. The Morgan fingerprint density at radius 2 is 1.82 bits per heavy atom. The predicted molar refractivity (Wildman–Crippen MR) is 155 cm³/mol. The highest BCUT2D eigenvalue weighted by Crippen LogP contribution is 2.64. The van der Waals surface area contributed by atoms with Gasteiger partial charge in [-0.15, -0.1) is 13.2 Å². The zero-order valence-corrected chi connectivity index (χ0v) is 24.4. The molecule has 0 aliphatic carbocycles. The van der Waals surface area contributed by atoms with Crippen LogP contribution >= 0.6 is 0 Å². The maximum atomic E-state index is 14.5. The number of rotatable bonds is 13. The molecular weight excluding hydrogens is 506 g/mol. The van der Waals surface area contributed by atoms with E-state index in [1.54, 1.807) is 26.9 Å². The molecule has 6 atom stereocenters. The number of likely N-dealkylation sites (tertiary alicyclic amines) is 1. The van der Waals surface area contributed by atoms with Crippen molar-refractivity contribution in [1.82, 2.24) is 9.80 Å². The molecule has 3 fully saturated rings. The minimum absolute atomic E-state index is 0.105. The lowest BCUT2D eigenvalue weighted by Gasteiger charge is -2.40. The number of unbranched alkanes of at least 4 members (excludes halogenated alkanes) is 1. The lowest BCUT2D eigenvalue weighted by Crippen LogP contribution is -2.59. The highest BCUT2D eigenvalue weighted by Gasteiger charge is 2.79. The molecule has 8 nitrogen and oxygen atoms in total. The smallest absolute Gasteiger partial charge is 0.248 e. The number of amides is 3. The topological polar surface area (TPSA) is 90.4 Å². The average molecular weight is 552 g/mol. The number of benzene rings is 1. The standard InChI is InChI=1S/C32H45N3O5/c1-7-10-20-33(18-8-2)30(39)27-32-17-16-31(6,40-32)25(26(32)29(38)35(27)24(21-36)22(4)5)28(37)34(19-9-3)23-14-12-11-13-15-23/h8-9,11-15,22,24-27,36H,2-3,7,10,16-21H2,1,4-6H3/t24-,25-,26-,27?,31+,32?/m0/s1. The lowest BCUT2D eigenvalue weighted by molar-refractivity contribution is -0.155. The molecule has 218 valence electrons. The molecule has 3 amide bonds. The van der Waals surface area contributed by atoms with Crippen molar-refractivity contribution in [2.24, 2.45) is 17.8 Å². The van der Waals surface area contributed by atoms with E-state index in [2.05, 4.69) is 20.1 Å². The molecule has 8 heteroatoms. The molecule has 0 radical (unpaired) electrons. The number of carbonyl (C=O) groups excluding carboxylic acids is 3. The summed E-state index contributed by atoms with van der Waals surface area (Å²) in [6.07, 6.45) is 6.16. The minimum atomic E-state index is -1.15. The summed E-state index contributed by atoms with van der Waals surface area (Å²) in [7, 11) is 0. The molecule has 3 heterocycles. The monoisotopic (exact) mass is 551 g/mol. The van der Waals surface area contributed by atoms with Crippen LogP contribution in [0, 0.1) is 17.8 Å². The van der Waals surface area contributed by atoms with Crippen LogP contribution in [0.4, 0.5) is 5.69 Å². The molecule has 1 spiro atoms. The van der Waals surface area contributed by atoms with Gasteiger partial charge in [-0.1, -0.05) is 57.5 Å². The fourth-order valence-electron chi connectivity index (χ4n) is 7.19. The summed E-state index contributed by atoms with van der Waals surface area (Å²) >= 11 is 0. The van der Waals surface area contributed by atoms with E-state index in [0.29, 0.717) is 25.9 Å². The van der Waals surface area contributed by atoms with Crippen molar-refractivity contribution in [1.29, 1.82) is 0 Å². The maximum Gasteiger partial charge on any atom is 0.248 e. The number of ether oxygens (including phenoxy) is 1. The van der Waals surface area contributed by atoms with Gasteiger partial charge in [-0.2, -0.15) is 0 Å². The fraction of sp³-hybridized carbons (Fsp3) is 0.594. The first-order valence-electron chi connectivity index (χ1n) is 14.6. The lowest BCUT2D eigenvalue weighted by atomic mass is 9.66. The van der Waals surface area contributed by atoms with E-state index in [4.69, 9.17) is 4.74 Å². The third-order valence-electron chi connectivity index (χ3n) is 9.12. The molecule has 3 aliphatic heterocycles. The van der Waals surface area contributed by atoms with Crippen LogP contribution in [0.1, 0.15) is 53.4 Å². The Morgan fingerprint density at radius 3 is 2.40 bits per heavy atom. The largest absolute Gasteiger partial charge is 0.394 e. The number of hydrogen-bond acceptors (Lipinski definition) is 5. The van der Waals surface area contributed by atoms with Crippen molar-refractivity contribution < 1.29 is 24.2 Å². The zero-order valence-electron chi connectivity index (χ0n) is 24.4. The van der Waals surface area contributed by atoms with Crippen LogP contribution in [-0.2, 0) is 19.1 Å². The van der Waals surface area contributed by atoms with Gasteiger partial charge in [0, 0.05) is 25.3 Å². The Hall–Kier alpha value is -2.97. The van der Waals surface area contributed by atoms with Crippen LogP contribution in [-0.4, -0.2) is 82.2 Å². The summed E-state index contributed by atoms with van der Waals surface area (Å²) < 4.78 is 6.82. The van der Waals surface area contributed by atoms with Crippen molar-refractivity contribution in [3.05, 3.63) is 55.6 Å². The molecule has 3 aliphatic rings. The van der Waals surface area contributed by atoms with E-state index in [-0.39, 0.29) is 36.8 Å². The van der Waals surface area contributed by atoms with Gasteiger partial charge in [0.15, 0.2) is 0 Å². The second-order valence-electron chi connectivity index (χ2n) is 12.0. The first kappa shape index (κ1) is 30.0. The van der Waals surface area contributed by atoms with E-state index in [1.165, 1.54) is 0 Å². The van der Waals surface area contributed by atoms with Crippen LogP contribution in [0.25, 0.3) is 0 Å². The van der Waals surface area contributed by atoms with E-state index in [0.717, 1.165) is 18.5 Å². The molecular formula is C32H45N3O5. The van der Waals surface area contributed by atoms with Crippen molar-refractivity contribution in [3.8, 4) is 0 Å². The second-order valence-corrected chi connectivity index (χ2v) is 12.0. The molecule has 40 heavy (non-hydrogen) atoms.